The van der Waals surface area contributed by atoms with Gasteiger partial charge in [-0.1, -0.05) is 5.16 Å². The second-order valence-electron chi connectivity index (χ2n) is 2.44. The quantitative estimate of drug-likeness (QED) is 0.715. The summed E-state index contributed by atoms with van der Waals surface area (Å²) in [5.41, 5.74) is 0. The number of aromatic hydroxyl groups is 1. The van der Waals surface area contributed by atoms with Gasteiger partial charge in [-0.05, 0) is 0 Å². The summed E-state index contributed by atoms with van der Waals surface area (Å²) in [6.45, 7) is 1.33. The van der Waals surface area contributed by atoms with Gasteiger partial charge in [0.1, 0.15) is 0 Å². The Balaban J connectivity index is 2.47. The van der Waals surface area contributed by atoms with Gasteiger partial charge in [0, 0.05) is 20.7 Å². The van der Waals surface area contributed by atoms with Crippen LogP contribution in [0.1, 0.15) is 0 Å². The third-order valence-corrected chi connectivity index (χ3v) is 1.51. The predicted octanol–water partition coefficient (Wildman–Crippen LogP) is 0.463. The number of methoxy groups -OCH3 is 1. The average molecular weight is 172 g/mol. The third kappa shape index (κ3) is 2.13. The Hall–Kier alpha value is -1.23. The number of likely N-dealkylation sites (N-methyl/N-ethyl adjacent to an activating group) is 1. The lowest BCUT2D eigenvalue weighted by Crippen LogP contribution is -2.22. The van der Waals surface area contributed by atoms with Gasteiger partial charge in [-0.25, -0.2) is 0 Å². The normalized spacial score (nSPS) is 10.2. The largest absolute Gasteiger partial charge is 0.479 e. The highest BCUT2D eigenvalue weighted by Crippen LogP contribution is 2.16. The molecule has 0 radical (unpaired) electrons. The molecule has 1 aromatic heterocycles. The maximum absolute atomic E-state index is 8.84. The fraction of sp³-hybridized carbons (Fsp3) is 0.571. The molecule has 0 aliphatic rings. The van der Waals surface area contributed by atoms with E-state index in [1.165, 1.54) is 6.07 Å². The van der Waals surface area contributed by atoms with Crippen molar-refractivity contribution in [1.82, 2.24) is 5.16 Å². The first-order chi connectivity index (χ1) is 5.74. The van der Waals surface area contributed by atoms with Crippen molar-refractivity contribution in [1.29, 1.82) is 0 Å². The monoisotopic (exact) mass is 172 g/mol. The van der Waals surface area contributed by atoms with Crippen LogP contribution in [0.4, 0.5) is 5.82 Å². The van der Waals surface area contributed by atoms with Crippen LogP contribution in [-0.4, -0.2) is 37.6 Å². The molecule has 0 saturated heterocycles. The Morgan fingerprint density at radius 1 is 1.75 bits per heavy atom. The lowest BCUT2D eigenvalue weighted by Gasteiger charge is -2.13. The van der Waals surface area contributed by atoms with Crippen molar-refractivity contribution in [3.63, 3.8) is 0 Å². The van der Waals surface area contributed by atoms with Crippen LogP contribution in [0, 0.1) is 0 Å². The SMILES string of the molecule is COCCN(C)c1cc(O)on1. The van der Waals surface area contributed by atoms with Crippen molar-refractivity contribution >= 4 is 5.82 Å². The Kier molecular flexibility index (Phi) is 2.93. The molecule has 1 N–H and O–H groups in total. The fourth-order valence-corrected chi connectivity index (χ4v) is 0.779. The summed E-state index contributed by atoms with van der Waals surface area (Å²) in [5.74, 6) is 0.429. The zero-order chi connectivity index (χ0) is 8.97. The predicted molar refractivity (Wildman–Crippen MR) is 43.3 cm³/mol. The molecule has 68 valence electrons. The van der Waals surface area contributed by atoms with E-state index in [1.54, 1.807) is 7.11 Å². The van der Waals surface area contributed by atoms with Crippen molar-refractivity contribution in [2.45, 2.75) is 0 Å². The van der Waals surface area contributed by atoms with E-state index in [2.05, 4.69) is 9.68 Å². The van der Waals surface area contributed by atoms with Crippen molar-refractivity contribution in [3.8, 4) is 5.95 Å². The van der Waals surface area contributed by atoms with E-state index in [1.807, 2.05) is 11.9 Å². The summed E-state index contributed by atoms with van der Waals surface area (Å²) in [7, 11) is 3.48. The lowest BCUT2D eigenvalue weighted by atomic mass is 10.5. The summed E-state index contributed by atoms with van der Waals surface area (Å²) in [6.07, 6.45) is 0. The zero-order valence-corrected chi connectivity index (χ0v) is 7.15. The minimum Gasteiger partial charge on any atom is -0.479 e. The lowest BCUT2D eigenvalue weighted by molar-refractivity contribution is 0.206. The van der Waals surface area contributed by atoms with Crippen LogP contribution in [0.2, 0.25) is 0 Å². The fourth-order valence-electron chi connectivity index (χ4n) is 0.779. The Morgan fingerprint density at radius 3 is 3.00 bits per heavy atom. The molecule has 0 fully saturated rings. The topological polar surface area (TPSA) is 58.7 Å². The first kappa shape index (κ1) is 8.86. The second-order valence-corrected chi connectivity index (χ2v) is 2.44. The van der Waals surface area contributed by atoms with E-state index in [-0.39, 0.29) is 5.95 Å². The van der Waals surface area contributed by atoms with E-state index in [0.717, 1.165) is 0 Å². The van der Waals surface area contributed by atoms with Crippen LogP contribution in [0.15, 0.2) is 10.6 Å². The molecule has 0 amide bonds. The van der Waals surface area contributed by atoms with Gasteiger partial charge in [0.05, 0.1) is 12.7 Å². The summed E-state index contributed by atoms with van der Waals surface area (Å²) in [6, 6.07) is 1.45. The van der Waals surface area contributed by atoms with Crippen LogP contribution in [0.5, 0.6) is 5.95 Å². The number of rotatable bonds is 4. The minimum atomic E-state index is -0.172. The standard InChI is InChI=1S/C7H12N2O3/c1-9(3-4-11-2)6-5-7(10)12-8-6/h5,10H,3-4H2,1-2H3. The zero-order valence-electron chi connectivity index (χ0n) is 7.15. The average Bonchev–Trinajstić information content (AvgIpc) is 2.47. The molecule has 0 saturated carbocycles. The number of aromatic nitrogens is 1. The molecule has 1 rings (SSSR count). The molecule has 12 heavy (non-hydrogen) atoms. The molecule has 0 aromatic carbocycles. The smallest absolute Gasteiger partial charge is 0.310 e. The van der Waals surface area contributed by atoms with Crippen LogP contribution in [0.3, 0.4) is 0 Å². The third-order valence-electron chi connectivity index (χ3n) is 1.51. The summed E-state index contributed by atoms with van der Waals surface area (Å²) < 4.78 is 9.37. The van der Waals surface area contributed by atoms with Gasteiger partial charge >= 0.3 is 5.95 Å². The first-order valence-corrected chi connectivity index (χ1v) is 3.60. The van der Waals surface area contributed by atoms with Gasteiger partial charge in [0.25, 0.3) is 0 Å². The van der Waals surface area contributed by atoms with Crippen molar-refractivity contribution < 1.29 is 14.4 Å². The molecule has 0 spiro atoms. The van der Waals surface area contributed by atoms with Crippen LogP contribution in [0.25, 0.3) is 0 Å². The van der Waals surface area contributed by atoms with E-state index >= 15 is 0 Å². The number of hydrogen-bond acceptors (Lipinski definition) is 5. The Labute approximate surface area is 70.5 Å². The summed E-state index contributed by atoms with van der Waals surface area (Å²) in [4.78, 5) is 1.83. The van der Waals surface area contributed by atoms with Crippen LogP contribution >= 0.6 is 0 Å². The molecule has 1 aromatic rings. The van der Waals surface area contributed by atoms with Crippen LogP contribution < -0.4 is 4.90 Å². The van der Waals surface area contributed by atoms with E-state index in [4.69, 9.17) is 9.84 Å². The molecule has 0 unspecified atom stereocenters. The van der Waals surface area contributed by atoms with Gasteiger partial charge in [0.15, 0.2) is 5.82 Å². The first-order valence-electron chi connectivity index (χ1n) is 3.60. The molecule has 0 aliphatic carbocycles. The van der Waals surface area contributed by atoms with E-state index < -0.39 is 0 Å². The minimum absolute atomic E-state index is 0.172. The van der Waals surface area contributed by atoms with Gasteiger partial charge in [-0.3, -0.25) is 0 Å². The highest BCUT2D eigenvalue weighted by atomic mass is 16.5. The van der Waals surface area contributed by atoms with Crippen molar-refractivity contribution in [3.05, 3.63) is 6.07 Å². The summed E-state index contributed by atoms with van der Waals surface area (Å²) >= 11 is 0. The highest BCUT2D eigenvalue weighted by Gasteiger charge is 2.06. The molecular formula is C7H12N2O3. The van der Waals surface area contributed by atoms with Gasteiger partial charge in [-0.2, -0.15) is 0 Å². The number of nitrogens with zero attached hydrogens (tertiary/aromatic N) is 2. The van der Waals surface area contributed by atoms with E-state index in [0.29, 0.717) is 19.0 Å². The molecular weight excluding hydrogens is 160 g/mol. The highest BCUT2D eigenvalue weighted by molar-refractivity contribution is 5.38. The molecule has 0 bridgehead atoms. The molecule has 5 heteroatoms. The van der Waals surface area contributed by atoms with Gasteiger partial charge in [0.2, 0.25) is 0 Å². The van der Waals surface area contributed by atoms with Gasteiger partial charge in [-0.15, -0.1) is 0 Å². The van der Waals surface area contributed by atoms with Crippen LogP contribution in [-0.2, 0) is 4.74 Å². The van der Waals surface area contributed by atoms with Gasteiger partial charge < -0.3 is 19.3 Å². The Bertz CT molecular complexity index is 236. The number of anilines is 1. The molecule has 0 aliphatic heterocycles. The Morgan fingerprint density at radius 2 is 2.50 bits per heavy atom. The summed E-state index contributed by atoms with van der Waals surface area (Å²) in [5, 5.41) is 12.5. The molecule has 5 nitrogen and oxygen atoms in total. The number of ether oxygens (including phenoxy) is 1. The molecule has 0 atom stereocenters. The maximum atomic E-state index is 8.84. The van der Waals surface area contributed by atoms with Crippen molar-refractivity contribution in [2.24, 2.45) is 0 Å². The number of hydrogen-bond donors (Lipinski definition) is 1. The van der Waals surface area contributed by atoms with Crippen molar-refractivity contribution in [2.75, 3.05) is 32.2 Å². The molecule has 1 heterocycles. The second kappa shape index (κ2) is 3.96. The van der Waals surface area contributed by atoms with E-state index in [9.17, 15) is 0 Å². The maximum Gasteiger partial charge on any atom is 0.310 e.